The fourth-order valence-electron chi connectivity index (χ4n) is 2.33. The minimum Gasteiger partial charge on any atom is -0.494 e. The van der Waals surface area contributed by atoms with Gasteiger partial charge in [0.15, 0.2) is 0 Å². The molecule has 0 saturated carbocycles. The molecule has 0 amide bonds. The van der Waals surface area contributed by atoms with E-state index in [1.807, 2.05) is 25.1 Å². The topological polar surface area (TPSA) is 56.5 Å². The summed E-state index contributed by atoms with van der Waals surface area (Å²) in [6.45, 7) is 6.37. The summed E-state index contributed by atoms with van der Waals surface area (Å²) >= 11 is 0. The first-order chi connectivity index (χ1) is 8.61. The Kier molecular flexibility index (Phi) is 3.97. The summed E-state index contributed by atoms with van der Waals surface area (Å²) in [4.78, 5) is 0. The molecule has 0 spiro atoms. The molecular formula is C14H22N2O2. The fraction of sp³-hybridized carbons (Fsp3) is 0.571. The molecule has 3 N–H and O–H groups in total. The summed E-state index contributed by atoms with van der Waals surface area (Å²) < 4.78 is 11.0. The molecule has 1 fully saturated rings. The Labute approximate surface area is 108 Å². The molecule has 18 heavy (non-hydrogen) atoms. The van der Waals surface area contributed by atoms with Crippen LogP contribution in [0.25, 0.3) is 0 Å². The lowest BCUT2D eigenvalue weighted by atomic mass is 9.94. The Hall–Kier alpha value is -1.42. The lowest BCUT2D eigenvalue weighted by molar-refractivity contribution is 0.0540. The average molecular weight is 250 g/mol. The summed E-state index contributed by atoms with van der Waals surface area (Å²) in [7, 11) is 0. The van der Waals surface area contributed by atoms with Crippen LogP contribution in [0.2, 0.25) is 0 Å². The highest BCUT2D eigenvalue weighted by Gasteiger charge is 2.27. The summed E-state index contributed by atoms with van der Waals surface area (Å²) in [5, 5.41) is 3.51. The molecule has 2 rings (SSSR count). The molecular weight excluding hydrogens is 228 g/mol. The number of ether oxygens (including phenoxy) is 2. The van der Waals surface area contributed by atoms with Gasteiger partial charge in [0.2, 0.25) is 0 Å². The molecule has 0 aromatic heterocycles. The molecule has 0 aliphatic carbocycles. The van der Waals surface area contributed by atoms with Gasteiger partial charge in [0.1, 0.15) is 5.75 Å². The number of nitrogens with two attached hydrogens (primary N) is 1. The van der Waals surface area contributed by atoms with E-state index < -0.39 is 0 Å². The third-order valence-corrected chi connectivity index (χ3v) is 3.12. The zero-order valence-corrected chi connectivity index (χ0v) is 11.2. The van der Waals surface area contributed by atoms with E-state index in [-0.39, 0.29) is 5.54 Å². The Balaban J connectivity index is 2.12. The standard InChI is InChI=1S/C14H22N2O2/c1-3-18-13-8-11(15)7-12(9-13)16-14(2)5-4-6-17-10-14/h7-9,16H,3-6,10,15H2,1-2H3. The van der Waals surface area contributed by atoms with Crippen LogP contribution in [-0.4, -0.2) is 25.4 Å². The Morgan fingerprint density at radius 2 is 2.28 bits per heavy atom. The van der Waals surface area contributed by atoms with Gasteiger partial charge >= 0.3 is 0 Å². The highest BCUT2D eigenvalue weighted by Crippen LogP contribution is 2.28. The number of hydrogen-bond donors (Lipinski definition) is 2. The second-order valence-electron chi connectivity index (χ2n) is 5.07. The van der Waals surface area contributed by atoms with Crippen molar-refractivity contribution in [1.82, 2.24) is 0 Å². The number of nitrogen functional groups attached to an aromatic ring is 1. The Morgan fingerprint density at radius 3 is 2.94 bits per heavy atom. The van der Waals surface area contributed by atoms with Crippen LogP contribution in [0.1, 0.15) is 26.7 Å². The van der Waals surface area contributed by atoms with Gasteiger partial charge in [-0.3, -0.25) is 0 Å². The number of rotatable bonds is 4. The SMILES string of the molecule is CCOc1cc(N)cc(NC2(C)CCCOC2)c1. The van der Waals surface area contributed by atoms with Crippen LogP contribution in [0.3, 0.4) is 0 Å². The normalized spacial score (nSPS) is 23.7. The van der Waals surface area contributed by atoms with E-state index in [1.54, 1.807) is 0 Å². The van der Waals surface area contributed by atoms with Crippen molar-refractivity contribution in [3.05, 3.63) is 18.2 Å². The highest BCUT2D eigenvalue weighted by atomic mass is 16.5. The maximum Gasteiger partial charge on any atom is 0.123 e. The maximum absolute atomic E-state index is 5.89. The lowest BCUT2D eigenvalue weighted by Crippen LogP contribution is -2.43. The largest absolute Gasteiger partial charge is 0.494 e. The molecule has 1 heterocycles. The van der Waals surface area contributed by atoms with Crippen molar-refractivity contribution in [3.8, 4) is 5.75 Å². The molecule has 1 saturated heterocycles. The molecule has 1 unspecified atom stereocenters. The van der Waals surface area contributed by atoms with Crippen LogP contribution >= 0.6 is 0 Å². The van der Waals surface area contributed by atoms with Crippen molar-refractivity contribution in [2.75, 3.05) is 30.9 Å². The van der Waals surface area contributed by atoms with Crippen molar-refractivity contribution in [2.45, 2.75) is 32.2 Å². The predicted molar refractivity (Wildman–Crippen MR) is 74.1 cm³/mol. The van der Waals surface area contributed by atoms with E-state index in [2.05, 4.69) is 12.2 Å². The van der Waals surface area contributed by atoms with E-state index in [0.29, 0.717) is 12.3 Å². The van der Waals surface area contributed by atoms with Crippen LogP contribution in [0.5, 0.6) is 5.75 Å². The molecule has 1 aromatic rings. The molecule has 4 heteroatoms. The van der Waals surface area contributed by atoms with Crippen molar-refractivity contribution in [1.29, 1.82) is 0 Å². The lowest BCUT2D eigenvalue weighted by Gasteiger charge is -2.35. The average Bonchev–Trinajstić information content (AvgIpc) is 2.28. The first-order valence-electron chi connectivity index (χ1n) is 6.51. The molecule has 100 valence electrons. The molecule has 1 aliphatic rings. The molecule has 4 nitrogen and oxygen atoms in total. The molecule has 1 aromatic carbocycles. The fourth-order valence-corrected chi connectivity index (χ4v) is 2.33. The van der Waals surface area contributed by atoms with E-state index in [1.165, 1.54) is 0 Å². The minimum atomic E-state index is -0.0183. The van der Waals surface area contributed by atoms with Gasteiger partial charge in [0.25, 0.3) is 0 Å². The van der Waals surface area contributed by atoms with Gasteiger partial charge < -0.3 is 20.5 Å². The highest BCUT2D eigenvalue weighted by molar-refractivity contribution is 5.60. The van der Waals surface area contributed by atoms with Crippen LogP contribution in [0.4, 0.5) is 11.4 Å². The van der Waals surface area contributed by atoms with Crippen molar-refractivity contribution >= 4 is 11.4 Å². The van der Waals surface area contributed by atoms with Crippen molar-refractivity contribution in [2.24, 2.45) is 0 Å². The molecule has 0 radical (unpaired) electrons. The van der Waals surface area contributed by atoms with E-state index >= 15 is 0 Å². The van der Waals surface area contributed by atoms with Crippen LogP contribution in [0.15, 0.2) is 18.2 Å². The van der Waals surface area contributed by atoms with Gasteiger partial charge in [-0.25, -0.2) is 0 Å². The van der Waals surface area contributed by atoms with E-state index in [0.717, 1.165) is 37.5 Å². The zero-order chi connectivity index (χ0) is 13.0. The summed E-state index contributed by atoms with van der Waals surface area (Å²) in [5.41, 5.74) is 7.57. The second-order valence-corrected chi connectivity index (χ2v) is 5.07. The van der Waals surface area contributed by atoms with Gasteiger partial charge in [0, 0.05) is 30.1 Å². The number of anilines is 2. The van der Waals surface area contributed by atoms with Crippen molar-refractivity contribution in [3.63, 3.8) is 0 Å². The van der Waals surface area contributed by atoms with Gasteiger partial charge in [0.05, 0.1) is 18.8 Å². The van der Waals surface area contributed by atoms with Gasteiger partial charge in [-0.15, -0.1) is 0 Å². The van der Waals surface area contributed by atoms with Crippen molar-refractivity contribution < 1.29 is 9.47 Å². The van der Waals surface area contributed by atoms with E-state index in [9.17, 15) is 0 Å². The van der Waals surface area contributed by atoms with Gasteiger partial charge in [-0.1, -0.05) is 0 Å². The van der Waals surface area contributed by atoms with Gasteiger partial charge in [-0.2, -0.15) is 0 Å². The van der Waals surface area contributed by atoms with Crippen LogP contribution in [-0.2, 0) is 4.74 Å². The summed E-state index contributed by atoms with van der Waals surface area (Å²) in [6.07, 6.45) is 2.19. The quantitative estimate of drug-likeness (QED) is 0.807. The van der Waals surface area contributed by atoms with Crippen LogP contribution in [0, 0.1) is 0 Å². The summed E-state index contributed by atoms with van der Waals surface area (Å²) in [5.74, 6) is 0.806. The maximum atomic E-state index is 5.89. The monoisotopic (exact) mass is 250 g/mol. The van der Waals surface area contributed by atoms with Crippen LogP contribution < -0.4 is 15.8 Å². The molecule has 1 atom stereocenters. The minimum absolute atomic E-state index is 0.0183. The third kappa shape index (κ3) is 3.29. The molecule has 0 bridgehead atoms. The number of hydrogen-bond acceptors (Lipinski definition) is 4. The second kappa shape index (κ2) is 5.48. The number of nitrogens with one attached hydrogen (secondary N) is 1. The first-order valence-corrected chi connectivity index (χ1v) is 6.51. The first kappa shape index (κ1) is 13.0. The Bertz CT molecular complexity index is 401. The molecule has 1 aliphatic heterocycles. The van der Waals surface area contributed by atoms with E-state index in [4.69, 9.17) is 15.2 Å². The Morgan fingerprint density at radius 1 is 1.44 bits per heavy atom. The zero-order valence-electron chi connectivity index (χ0n) is 11.2. The smallest absolute Gasteiger partial charge is 0.123 e. The summed E-state index contributed by atoms with van der Waals surface area (Å²) in [6, 6.07) is 5.76. The number of benzene rings is 1. The predicted octanol–water partition coefficient (Wildman–Crippen LogP) is 2.65. The third-order valence-electron chi connectivity index (χ3n) is 3.12. The van der Waals surface area contributed by atoms with Gasteiger partial charge in [-0.05, 0) is 32.8 Å².